The van der Waals surface area contributed by atoms with Gasteiger partial charge in [0.2, 0.25) is 0 Å². The second kappa shape index (κ2) is 4.39. The molecule has 0 spiro atoms. The first-order chi connectivity index (χ1) is 8.74. The molecule has 102 valence electrons. The summed E-state index contributed by atoms with van der Waals surface area (Å²) < 4.78 is 6.03. The standard InChI is InChI=1S/C14H20N4O/c1-13(2)8-18(9-14(3,4)19-13)12-11(16)10(7-15)5-6-17-12/h5-6H,8-9,16H2,1-4H3. The van der Waals surface area contributed by atoms with Crippen LogP contribution in [0.25, 0.3) is 0 Å². The fraction of sp³-hybridized carbons (Fsp3) is 0.571. The number of morpholine rings is 1. The fourth-order valence-electron chi connectivity index (χ4n) is 2.75. The predicted molar refractivity (Wildman–Crippen MR) is 74.8 cm³/mol. The lowest BCUT2D eigenvalue weighted by atomic mass is 9.98. The van der Waals surface area contributed by atoms with Gasteiger partial charge in [0.1, 0.15) is 6.07 Å². The molecule has 1 aliphatic heterocycles. The van der Waals surface area contributed by atoms with Crippen molar-refractivity contribution in [3.05, 3.63) is 17.8 Å². The number of ether oxygens (including phenoxy) is 1. The van der Waals surface area contributed by atoms with Gasteiger partial charge in [0.05, 0.1) is 22.5 Å². The van der Waals surface area contributed by atoms with Crippen LogP contribution in [-0.4, -0.2) is 29.3 Å². The molecule has 0 radical (unpaired) electrons. The Hall–Kier alpha value is -1.80. The average Bonchev–Trinajstić information content (AvgIpc) is 2.25. The Bertz CT molecular complexity index is 515. The van der Waals surface area contributed by atoms with E-state index in [4.69, 9.17) is 15.7 Å². The first-order valence-corrected chi connectivity index (χ1v) is 6.34. The number of pyridine rings is 1. The zero-order valence-corrected chi connectivity index (χ0v) is 11.9. The SMILES string of the molecule is CC1(C)CN(c2nccc(C#N)c2N)CC(C)(C)O1. The molecule has 0 amide bonds. The maximum Gasteiger partial charge on any atom is 0.153 e. The van der Waals surface area contributed by atoms with Crippen LogP contribution < -0.4 is 10.6 Å². The minimum absolute atomic E-state index is 0.279. The molecule has 1 aliphatic rings. The summed E-state index contributed by atoms with van der Waals surface area (Å²) in [6.07, 6.45) is 1.62. The first-order valence-electron chi connectivity index (χ1n) is 6.34. The number of nitrogens with two attached hydrogens (primary N) is 1. The monoisotopic (exact) mass is 260 g/mol. The van der Waals surface area contributed by atoms with Gasteiger partial charge in [-0.25, -0.2) is 4.98 Å². The van der Waals surface area contributed by atoms with E-state index < -0.39 is 0 Å². The molecule has 5 nitrogen and oxygen atoms in total. The van der Waals surface area contributed by atoms with Crippen LogP contribution in [0, 0.1) is 11.3 Å². The van der Waals surface area contributed by atoms with Gasteiger partial charge in [-0.3, -0.25) is 0 Å². The molecule has 1 aromatic rings. The molecule has 0 saturated carbocycles. The number of nitrogens with zero attached hydrogens (tertiary/aromatic N) is 3. The third-order valence-corrected chi connectivity index (χ3v) is 3.08. The van der Waals surface area contributed by atoms with E-state index in [2.05, 4.69) is 16.0 Å². The number of hydrogen-bond donors (Lipinski definition) is 1. The predicted octanol–water partition coefficient (Wildman–Crippen LogP) is 1.93. The van der Waals surface area contributed by atoms with Crippen molar-refractivity contribution in [2.75, 3.05) is 23.7 Å². The minimum atomic E-state index is -0.279. The molecule has 0 bridgehead atoms. The largest absolute Gasteiger partial charge is 0.395 e. The normalized spacial score (nSPS) is 20.9. The Kier molecular flexibility index (Phi) is 3.15. The highest BCUT2D eigenvalue weighted by molar-refractivity contribution is 5.70. The summed E-state index contributed by atoms with van der Waals surface area (Å²) in [4.78, 5) is 6.43. The molecule has 0 aromatic carbocycles. The Balaban J connectivity index is 2.40. The number of hydrogen-bond acceptors (Lipinski definition) is 5. The molecule has 0 aliphatic carbocycles. The Morgan fingerprint density at radius 3 is 2.42 bits per heavy atom. The van der Waals surface area contributed by atoms with Crippen LogP contribution in [0.5, 0.6) is 0 Å². The highest BCUT2D eigenvalue weighted by Crippen LogP contribution is 2.33. The molecule has 2 N–H and O–H groups in total. The summed E-state index contributed by atoms with van der Waals surface area (Å²) in [5.74, 6) is 0.670. The van der Waals surface area contributed by atoms with Crippen molar-refractivity contribution in [2.45, 2.75) is 38.9 Å². The van der Waals surface area contributed by atoms with Gasteiger partial charge in [-0.1, -0.05) is 0 Å². The van der Waals surface area contributed by atoms with Crippen LogP contribution >= 0.6 is 0 Å². The van der Waals surface area contributed by atoms with Gasteiger partial charge in [-0.05, 0) is 33.8 Å². The summed E-state index contributed by atoms with van der Waals surface area (Å²) >= 11 is 0. The highest BCUT2D eigenvalue weighted by atomic mass is 16.5. The van der Waals surface area contributed by atoms with E-state index in [0.29, 0.717) is 30.2 Å². The van der Waals surface area contributed by atoms with Crippen molar-refractivity contribution in [2.24, 2.45) is 0 Å². The average molecular weight is 260 g/mol. The zero-order chi connectivity index (χ0) is 14.3. The molecule has 19 heavy (non-hydrogen) atoms. The van der Waals surface area contributed by atoms with Gasteiger partial charge in [0.15, 0.2) is 5.82 Å². The van der Waals surface area contributed by atoms with Crippen LogP contribution in [0.15, 0.2) is 12.3 Å². The van der Waals surface area contributed by atoms with E-state index in [-0.39, 0.29) is 11.2 Å². The van der Waals surface area contributed by atoms with Gasteiger partial charge >= 0.3 is 0 Å². The van der Waals surface area contributed by atoms with E-state index in [9.17, 15) is 0 Å². The number of aromatic nitrogens is 1. The number of nitriles is 1. The van der Waals surface area contributed by atoms with Crippen molar-refractivity contribution in [1.29, 1.82) is 5.26 Å². The highest BCUT2D eigenvalue weighted by Gasteiger charge is 2.39. The molecule has 2 heterocycles. The lowest BCUT2D eigenvalue weighted by Crippen LogP contribution is -2.57. The second-order valence-electron chi connectivity index (χ2n) is 6.19. The smallest absolute Gasteiger partial charge is 0.153 e. The zero-order valence-electron chi connectivity index (χ0n) is 11.9. The van der Waals surface area contributed by atoms with E-state index in [1.54, 1.807) is 12.3 Å². The van der Waals surface area contributed by atoms with Crippen molar-refractivity contribution in [3.63, 3.8) is 0 Å². The number of nitrogen functional groups attached to an aromatic ring is 1. The van der Waals surface area contributed by atoms with Crippen molar-refractivity contribution >= 4 is 11.5 Å². The van der Waals surface area contributed by atoms with Gasteiger partial charge in [0.25, 0.3) is 0 Å². The Morgan fingerprint density at radius 2 is 1.89 bits per heavy atom. The molecular formula is C14H20N4O. The second-order valence-corrected chi connectivity index (χ2v) is 6.19. The minimum Gasteiger partial charge on any atom is -0.395 e. The molecule has 1 fully saturated rings. The van der Waals surface area contributed by atoms with Crippen LogP contribution in [0.3, 0.4) is 0 Å². The molecule has 0 unspecified atom stereocenters. The van der Waals surface area contributed by atoms with Crippen LogP contribution in [-0.2, 0) is 4.74 Å². The number of rotatable bonds is 1. The van der Waals surface area contributed by atoms with Gasteiger partial charge in [0, 0.05) is 19.3 Å². The van der Waals surface area contributed by atoms with Gasteiger partial charge in [-0.2, -0.15) is 5.26 Å². The van der Waals surface area contributed by atoms with Gasteiger partial charge < -0.3 is 15.4 Å². The molecule has 0 atom stereocenters. The summed E-state index contributed by atoms with van der Waals surface area (Å²) in [5, 5.41) is 9.05. The van der Waals surface area contributed by atoms with Crippen molar-refractivity contribution in [3.8, 4) is 6.07 Å². The maximum absolute atomic E-state index is 9.05. The summed E-state index contributed by atoms with van der Waals surface area (Å²) in [6, 6.07) is 3.73. The lowest BCUT2D eigenvalue weighted by molar-refractivity contribution is -0.133. The topological polar surface area (TPSA) is 75.2 Å². The first kappa shape index (κ1) is 13.6. The van der Waals surface area contributed by atoms with Crippen LogP contribution in [0.1, 0.15) is 33.3 Å². The van der Waals surface area contributed by atoms with Gasteiger partial charge in [-0.15, -0.1) is 0 Å². The Morgan fingerprint density at radius 1 is 1.32 bits per heavy atom. The molecule has 2 rings (SSSR count). The quantitative estimate of drug-likeness (QED) is 0.835. The molecule has 1 aromatic heterocycles. The van der Waals surface area contributed by atoms with Crippen molar-refractivity contribution in [1.82, 2.24) is 4.98 Å². The van der Waals surface area contributed by atoms with E-state index in [1.165, 1.54) is 0 Å². The van der Waals surface area contributed by atoms with E-state index in [1.807, 2.05) is 27.7 Å². The molecule has 5 heteroatoms. The fourth-order valence-corrected chi connectivity index (χ4v) is 2.75. The lowest BCUT2D eigenvalue weighted by Gasteiger charge is -2.47. The Labute approximate surface area is 114 Å². The molecule has 1 saturated heterocycles. The summed E-state index contributed by atoms with van der Waals surface area (Å²) in [5.41, 5.74) is 6.38. The summed E-state index contributed by atoms with van der Waals surface area (Å²) in [6.45, 7) is 9.58. The third kappa shape index (κ3) is 2.79. The van der Waals surface area contributed by atoms with E-state index in [0.717, 1.165) is 0 Å². The number of anilines is 2. The van der Waals surface area contributed by atoms with Crippen LogP contribution in [0.2, 0.25) is 0 Å². The van der Waals surface area contributed by atoms with Crippen molar-refractivity contribution < 1.29 is 4.74 Å². The third-order valence-electron chi connectivity index (χ3n) is 3.08. The maximum atomic E-state index is 9.05. The van der Waals surface area contributed by atoms with E-state index >= 15 is 0 Å². The molecular weight excluding hydrogens is 240 g/mol. The summed E-state index contributed by atoms with van der Waals surface area (Å²) in [7, 11) is 0. The van der Waals surface area contributed by atoms with Crippen LogP contribution in [0.4, 0.5) is 11.5 Å².